The van der Waals surface area contributed by atoms with E-state index >= 15 is 0 Å². The zero-order valence-electron chi connectivity index (χ0n) is 16.8. The Bertz CT molecular complexity index is 943. The van der Waals surface area contributed by atoms with Gasteiger partial charge in [0.05, 0.1) is 19.4 Å². The van der Waals surface area contributed by atoms with Crippen LogP contribution in [0.3, 0.4) is 0 Å². The minimum absolute atomic E-state index is 0.214. The van der Waals surface area contributed by atoms with Gasteiger partial charge in [-0.25, -0.2) is 5.43 Å². The highest BCUT2D eigenvalue weighted by atomic mass is 16.5. The summed E-state index contributed by atoms with van der Waals surface area (Å²) in [6.45, 7) is 3.60. The summed E-state index contributed by atoms with van der Waals surface area (Å²) in [5, 5.41) is 6.40. The highest BCUT2D eigenvalue weighted by Crippen LogP contribution is 2.27. The molecule has 0 saturated carbocycles. The molecular weight excluding hydrogens is 388 g/mol. The molecule has 2 aromatic rings. The maximum absolute atomic E-state index is 12.0. The quantitative estimate of drug-likeness (QED) is 0.398. The summed E-state index contributed by atoms with van der Waals surface area (Å²) in [5.74, 6) is -0.625. The van der Waals surface area contributed by atoms with E-state index in [1.54, 1.807) is 36.4 Å². The fraction of sp³-hybridized carbons (Fsp3) is 0.238. The van der Waals surface area contributed by atoms with Crippen LogP contribution in [0.15, 0.2) is 47.6 Å². The molecule has 9 nitrogen and oxygen atoms in total. The molecule has 0 unspecified atom stereocenters. The first-order valence-corrected chi connectivity index (χ1v) is 9.23. The molecule has 0 aliphatic rings. The number of rotatable bonds is 10. The van der Waals surface area contributed by atoms with Crippen molar-refractivity contribution in [3.63, 3.8) is 0 Å². The molecule has 0 heterocycles. The molecule has 9 heteroatoms. The monoisotopic (exact) mass is 412 g/mol. The molecule has 158 valence electrons. The van der Waals surface area contributed by atoms with Crippen molar-refractivity contribution in [2.24, 2.45) is 10.8 Å². The summed E-state index contributed by atoms with van der Waals surface area (Å²) in [5.41, 5.74) is 9.48. The summed E-state index contributed by atoms with van der Waals surface area (Å²) in [6.07, 6.45) is 1.42. The van der Waals surface area contributed by atoms with Crippen molar-refractivity contribution in [1.29, 1.82) is 0 Å². The number of carbonyl (C=O) groups excluding carboxylic acids is 3. The Morgan fingerprint density at radius 3 is 2.60 bits per heavy atom. The topological polar surface area (TPSA) is 132 Å². The second kappa shape index (κ2) is 11.2. The average Bonchev–Trinajstić information content (AvgIpc) is 2.71. The normalized spacial score (nSPS) is 10.5. The van der Waals surface area contributed by atoms with E-state index in [1.807, 2.05) is 19.9 Å². The van der Waals surface area contributed by atoms with Crippen molar-refractivity contribution in [2.75, 3.05) is 19.8 Å². The highest BCUT2D eigenvalue weighted by molar-refractivity contribution is 5.96. The van der Waals surface area contributed by atoms with Gasteiger partial charge in [0.1, 0.15) is 0 Å². The smallest absolute Gasteiger partial charge is 0.259 e. The van der Waals surface area contributed by atoms with Gasteiger partial charge >= 0.3 is 0 Å². The van der Waals surface area contributed by atoms with Gasteiger partial charge in [0, 0.05) is 5.56 Å². The number of hydrazone groups is 1. The number of nitrogens with zero attached hydrogens (tertiary/aromatic N) is 1. The first kappa shape index (κ1) is 22.4. The van der Waals surface area contributed by atoms with Gasteiger partial charge in [0.15, 0.2) is 18.1 Å². The van der Waals surface area contributed by atoms with Gasteiger partial charge in [-0.15, -0.1) is 0 Å². The first-order valence-electron chi connectivity index (χ1n) is 9.23. The van der Waals surface area contributed by atoms with Crippen LogP contribution in [0.4, 0.5) is 0 Å². The van der Waals surface area contributed by atoms with Gasteiger partial charge in [-0.2, -0.15) is 5.10 Å². The molecule has 30 heavy (non-hydrogen) atoms. The summed E-state index contributed by atoms with van der Waals surface area (Å²) in [7, 11) is 0. The number of amides is 3. The van der Waals surface area contributed by atoms with Crippen LogP contribution in [0.5, 0.6) is 11.5 Å². The number of nitrogens with one attached hydrogen (secondary N) is 2. The molecule has 0 saturated heterocycles. The number of hydrogen-bond donors (Lipinski definition) is 3. The minimum Gasteiger partial charge on any atom is -0.490 e. The zero-order valence-corrected chi connectivity index (χ0v) is 16.8. The third kappa shape index (κ3) is 7.27. The van der Waals surface area contributed by atoms with E-state index in [-0.39, 0.29) is 19.1 Å². The van der Waals surface area contributed by atoms with Crippen molar-refractivity contribution >= 4 is 23.9 Å². The van der Waals surface area contributed by atoms with E-state index < -0.39 is 11.8 Å². The van der Waals surface area contributed by atoms with E-state index in [0.29, 0.717) is 29.2 Å². The Hall–Kier alpha value is -3.88. The number of primary amides is 1. The predicted molar refractivity (Wildman–Crippen MR) is 112 cm³/mol. The SMILES string of the molecule is CCOc1cc(/C=N\NC(=O)CNC(=O)c2cccc(C)c2)ccc1OCC(N)=O. The number of ether oxygens (including phenoxy) is 2. The maximum atomic E-state index is 12.0. The van der Waals surface area contributed by atoms with Crippen LogP contribution in [0.1, 0.15) is 28.4 Å². The molecule has 0 aliphatic carbocycles. The molecule has 0 atom stereocenters. The summed E-state index contributed by atoms with van der Waals surface area (Å²) in [4.78, 5) is 34.8. The van der Waals surface area contributed by atoms with Crippen LogP contribution < -0.4 is 25.9 Å². The number of benzene rings is 2. The lowest BCUT2D eigenvalue weighted by Crippen LogP contribution is -2.34. The molecule has 0 aliphatic heterocycles. The fourth-order valence-electron chi connectivity index (χ4n) is 2.41. The second-order valence-corrected chi connectivity index (χ2v) is 6.24. The number of hydrogen-bond acceptors (Lipinski definition) is 6. The van der Waals surface area contributed by atoms with Gasteiger partial charge in [-0.05, 0) is 49.7 Å². The zero-order chi connectivity index (χ0) is 21.9. The number of nitrogens with two attached hydrogens (primary N) is 1. The molecule has 0 bridgehead atoms. The molecule has 3 amide bonds. The lowest BCUT2D eigenvalue weighted by Gasteiger charge is -2.11. The van der Waals surface area contributed by atoms with Gasteiger partial charge < -0.3 is 20.5 Å². The molecule has 2 aromatic carbocycles. The molecule has 0 radical (unpaired) electrons. The van der Waals surface area contributed by atoms with Gasteiger partial charge in [0.2, 0.25) is 0 Å². The Morgan fingerprint density at radius 2 is 1.90 bits per heavy atom. The molecule has 2 rings (SSSR count). The van der Waals surface area contributed by atoms with E-state index in [0.717, 1.165) is 5.56 Å². The van der Waals surface area contributed by atoms with Gasteiger partial charge in [-0.1, -0.05) is 17.7 Å². The maximum Gasteiger partial charge on any atom is 0.259 e. The largest absolute Gasteiger partial charge is 0.490 e. The number of carbonyl (C=O) groups is 3. The number of aryl methyl sites for hydroxylation is 1. The third-order valence-electron chi connectivity index (χ3n) is 3.73. The van der Waals surface area contributed by atoms with Crippen molar-refractivity contribution in [2.45, 2.75) is 13.8 Å². The Morgan fingerprint density at radius 1 is 1.10 bits per heavy atom. The van der Waals surface area contributed by atoms with Crippen LogP contribution in [-0.2, 0) is 9.59 Å². The summed E-state index contributed by atoms with van der Waals surface area (Å²) in [6, 6.07) is 12.0. The molecule has 4 N–H and O–H groups in total. The van der Waals surface area contributed by atoms with E-state index in [4.69, 9.17) is 15.2 Å². The third-order valence-corrected chi connectivity index (χ3v) is 3.73. The van der Waals surface area contributed by atoms with Crippen molar-refractivity contribution in [3.05, 3.63) is 59.2 Å². The van der Waals surface area contributed by atoms with Crippen LogP contribution in [0.25, 0.3) is 0 Å². The highest BCUT2D eigenvalue weighted by Gasteiger charge is 2.09. The molecule has 0 spiro atoms. The van der Waals surface area contributed by atoms with Crippen molar-refractivity contribution in [3.8, 4) is 11.5 Å². The average molecular weight is 412 g/mol. The lowest BCUT2D eigenvalue weighted by atomic mass is 10.1. The summed E-state index contributed by atoms with van der Waals surface area (Å²) >= 11 is 0. The van der Waals surface area contributed by atoms with E-state index in [1.165, 1.54) is 6.21 Å². The van der Waals surface area contributed by atoms with Crippen LogP contribution in [0.2, 0.25) is 0 Å². The van der Waals surface area contributed by atoms with Crippen molar-refractivity contribution in [1.82, 2.24) is 10.7 Å². The van der Waals surface area contributed by atoms with Crippen molar-refractivity contribution < 1.29 is 23.9 Å². The second-order valence-electron chi connectivity index (χ2n) is 6.24. The summed E-state index contributed by atoms with van der Waals surface area (Å²) < 4.78 is 10.8. The molecule has 0 fully saturated rings. The van der Waals surface area contributed by atoms with Crippen LogP contribution in [-0.4, -0.2) is 43.7 Å². The Kier molecular flexibility index (Phi) is 8.37. The fourth-order valence-corrected chi connectivity index (χ4v) is 2.41. The Balaban J connectivity index is 1.89. The molecule has 0 aromatic heterocycles. The van der Waals surface area contributed by atoms with E-state index in [9.17, 15) is 14.4 Å². The lowest BCUT2D eigenvalue weighted by molar-refractivity contribution is -0.120. The van der Waals surface area contributed by atoms with Gasteiger partial charge in [0.25, 0.3) is 17.7 Å². The van der Waals surface area contributed by atoms with E-state index in [2.05, 4.69) is 15.8 Å². The standard InChI is InChI=1S/C21H24N4O5/c1-3-29-18-10-15(7-8-17(18)30-13-19(22)26)11-24-25-20(27)12-23-21(28)16-6-4-5-14(2)9-16/h4-11H,3,12-13H2,1-2H3,(H2,22,26)(H,23,28)(H,25,27)/b24-11-. The predicted octanol–water partition coefficient (Wildman–Crippen LogP) is 1.14. The van der Waals surface area contributed by atoms with Crippen LogP contribution in [0, 0.1) is 6.92 Å². The minimum atomic E-state index is -0.597. The van der Waals surface area contributed by atoms with Gasteiger partial charge in [-0.3, -0.25) is 14.4 Å². The molecular formula is C21H24N4O5. The first-order chi connectivity index (χ1) is 14.4. The van der Waals surface area contributed by atoms with Crippen LogP contribution >= 0.6 is 0 Å². The Labute approximate surface area is 174 Å².